The van der Waals surface area contributed by atoms with Gasteiger partial charge in [0.15, 0.2) is 6.61 Å². The second-order valence-corrected chi connectivity index (χ2v) is 6.43. The summed E-state index contributed by atoms with van der Waals surface area (Å²) in [5, 5.41) is 4.31. The number of pyridine rings is 1. The molecule has 3 aromatic rings. The Bertz CT molecular complexity index is 909. The molecule has 2 aromatic carbocycles. The van der Waals surface area contributed by atoms with Crippen LogP contribution < -0.4 is 10.1 Å². The lowest BCUT2D eigenvalue weighted by Gasteiger charge is -2.14. The normalized spacial score (nSPS) is 10.9. The van der Waals surface area contributed by atoms with Crippen LogP contribution in [-0.2, 0) is 4.79 Å². The van der Waals surface area contributed by atoms with Gasteiger partial charge in [-0.25, -0.2) is 0 Å². The molecule has 4 nitrogen and oxygen atoms in total. The van der Waals surface area contributed by atoms with E-state index in [9.17, 15) is 4.79 Å². The minimum atomic E-state index is -0.216. The number of fused-ring (bicyclic) bond motifs is 1. The Balaban J connectivity index is 1.73. The lowest BCUT2D eigenvalue weighted by Crippen LogP contribution is -2.21. The van der Waals surface area contributed by atoms with E-state index in [2.05, 4.69) is 24.1 Å². The Kier molecular flexibility index (Phi) is 5.19. The molecule has 1 N–H and O–H groups in total. The van der Waals surface area contributed by atoms with Crippen LogP contribution in [0.1, 0.15) is 25.3 Å². The topological polar surface area (TPSA) is 51.2 Å². The summed E-state index contributed by atoms with van der Waals surface area (Å²) in [6.45, 7) is 4.08. The molecule has 3 rings (SSSR count). The third-order valence-electron chi connectivity index (χ3n) is 3.90. The molecule has 0 aliphatic heterocycles. The van der Waals surface area contributed by atoms with E-state index >= 15 is 0 Å². The number of para-hydroxylation sites is 1. The first-order chi connectivity index (χ1) is 12.1. The van der Waals surface area contributed by atoms with Gasteiger partial charge in [-0.1, -0.05) is 43.6 Å². The van der Waals surface area contributed by atoms with Crippen LogP contribution in [0.2, 0.25) is 5.02 Å². The van der Waals surface area contributed by atoms with Gasteiger partial charge in [-0.2, -0.15) is 0 Å². The number of carbonyl (C=O) groups excluding carboxylic acids is 1. The molecule has 0 aliphatic rings. The van der Waals surface area contributed by atoms with Crippen LogP contribution in [0.25, 0.3) is 10.9 Å². The number of carbonyl (C=O) groups is 1. The SMILES string of the molecule is CC(C)c1ccccc1NC(=O)COc1ccc(Cl)c2cccnc12. The fraction of sp³-hybridized carbons (Fsp3) is 0.200. The van der Waals surface area contributed by atoms with Gasteiger partial charge in [-0.3, -0.25) is 9.78 Å². The molecule has 0 unspecified atom stereocenters. The summed E-state index contributed by atoms with van der Waals surface area (Å²) in [6, 6.07) is 14.9. The van der Waals surface area contributed by atoms with Crippen LogP contribution in [0, 0.1) is 0 Å². The van der Waals surface area contributed by atoms with Crippen molar-refractivity contribution < 1.29 is 9.53 Å². The molecule has 0 fully saturated rings. The zero-order valence-corrected chi connectivity index (χ0v) is 14.9. The van der Waals surface area contributed by atoms with E-state index in [-0.39, 0.29) is 12.5 Å². The Hall–Kier alpha value is -2.59. The average Bonchev–Trinajstić information content (AvgIpc) is 2.62. The fourth-order valence-electron chi connectivity index (χ4n) is 2.67. The maximum absolute atomic E-state index is 12.3. The first-order valence-corrected chi connectivity index (χ1v) is 8.49. The summed E-state index contributed by atoms with van der Waals surface area (Å²) in [5.41, 5.74) is 2.55. The van der Waals surface area contributed by atoms with Crippen LogP contribution in [0.3, 0.4) is 0 Å². The first kappa shape index (κ1) is 17.2. The van der Waals surface area contributed by atoms with Crippen LogP contribution >= 0.6 is 11.6 Å². The van der Waals surface area contributed by atoms with Crippen LogP contribution in [0.4, 0.5) is 5.69 Å². The summed E-state index contributed by atoms with van der Waals surface area (Å²) in [5.74, 6) is 0.640. The van der Waals surface area contributed by atoms with Crippen LogP contribution in [-0.4, -0.2) is 17.5 Å². The van der Waals surface area contributed by atoms with Crippen molar-refractivity contribution in [3.8, 4) is 5.75 Å². The summed E-state index contributed by atoms with van der Waals surface area (Å²) >= 11 is 6.17. The van der Waals surface area contributed by atoms with Gasteiger partial charge in [0, 0.05) is 17.3 Å². The maximum atomic E-state index is 12.3. The fourth-order valence-corrected chi connectivity index (χ4v) is 2.89. The van der Waals surface area contributed by atoms with Crippen LogP contribution in [0.5, 0.6) is 5.75 Å². The number of hydrogen-bond acceptors (Lipinski definition) is 3. The molecule has 128 valence electrons. The summed E-state index contributed by atoms with van der Waals surface area (Å²) in [6.07, 6.45) is 1.67. The summed E-state index contributed by atoms with van der Waals surface area (Å²) in [7, 11) is 0. The number of anilines is 1. The van der Waals surface area contributed by atoms with E-state index in [0.717, 1.165) is 16.6 Å². The minimum absolute atomic E-state index is 0.0975. The third-order valence-corrected chi connectivity index (χ3v) is 4.22. The standard InChI is InChI=1S/C20H19ClN2O2/c1-13(2)14-6-3-4-8-17(14)23-19(24)12-25-18-10-9-16(21)15-7-5-11-22-20(15)18/h3-11,13H,12H2,1-2H3,(H,23,24). The van der Waals surface area contributed by atoms with Crippen molar-refractivity contribution in [3.05, 3.63) is 65.3 Å². The van der Waals surface area contributed by atoms with E-state index in [1.807, 2.05) is 36.4 Å². The molecule has 0 saturated heterocycles. The molecule has 5 heteroatoms. The lowest BCUT2D eigenvalue weighted by molar-refractivity contribution is -0.118. The Morgan fingerprint density at radius 3 is 2.76 bits per heavy atom. The van der Waals surface area contributed by atoms with Crippen molar-refractivity contribution >= 4 is 34.1 Å². The highest BCUT2D eigenvalue weighted by molar-refractivity contribution is 6.35. The van der Waals surface area contributed by atoms with Crippen molar-refractivity contribution in [3.63, 3.8) is 0 Å². The number of halogens is 1. The Labute approximate surface area is 151 Å². The smallest absolute Gasteiger partial charge is 0.262 e. The van der Waals surface area contributed by atoms with Crippen molar-refractivity contribution in [1.29, 1.82) is 0 Å². The van der Waals surface area contributed by atoms with Crippen molar-refractivity contribution in [2.75, 3.05) is 11.9 Å². The molecule has 0 radical (unpaired) electrons. The number of amides is 1. The van der Waals surface area contributed by atoms with Gasteiger partial charge in [0.05, 0.1) is 5.02 Å². The van der Waals surface area contributed by atoms with Gasteiger partial charge in [0.1, 0.15) is 11.3 Å². The highest BCUT2D eigenvalue weighted by atomic mass is 35.5. The Morgan fingerprint density at radius 1 is 1.16 bits per heavy atom. The number of nitrogens with zero attached hydrogens (tertiary/aromatic N) is 1. The molecular weight excluding hydrogens is 336 g/mol. The molecule has 0 aliphatic carbocycles. The van der Waals surface area contributed by atoms with Crippen molar-refractivity contribution in [1.82, 2.24) is 4.98 Å². The van der Waals surface area contributed by atoms with E-state index in [1.165, 1.54) is 0 Å². The average molecular weight is 355 g/mol. The van der Waals surface area contributed by atoms with Gasteiger partial charge < -0.3 is 10.1 Å². The second-order valence-electron chi connectivity index (χ2n) is 6.02. The van der Waals surface area contributed by atoms with Crippen molar-refractivity contribution in [2.24, 2.45) is 0 Å². The molecule has 25 heavy (non-hydrogen) atoms. The van der Waals surface area contributed by atoms with Gasteiger partial charge in [0.25, 0.3) is 5.91 Å². The number of hydrogen-bond donors (Lipinski definition) is 1. The molecule has 1 aromatic heterocycles. The summed E-state index contributed by atoms with van der Waals surface area (Å²) in [4.78, 5) is 16.6. The zero-order valence-electron chi connectivity index (χ0n) is 14.1. The zero-order chi connectivity index (χ0) is 17.8. The number of benzene rings is 2. The largest absolute Gasteiger partial charge is 0.481 e. The molecule has 1 amide bonds. The van der Waals surface area contributed by atoms with E-state index in [4.69, 9.17) is 16.3 Å². The number of rotatable bonds is 5. The number of nitrogens with one attached hydrogen (secondary N) is 1. The second kappa shape index (κ2) is 7.53. The quantitative estimate of drug-likeness (QED) is 0.699. The van der Waals surface area contributed by atoms with Crippen molar-refractivity contribution in [2.45, 2.75) is 19.8 Å². The maximum Gasteiger partial charge on any atom is 0.262 e. The highest BCUT2D eigenvalue weighted by Gasteiger charge is 2.11. The van der Waals surface area contributed by atoms with Gasteiger partial charge in [-0.05, 0) is 41.8 Å². The van der Waals surface area contributed by atoms with E-state index in [1.54, 1.807) is 18.3 Å². The molecular formula is C20H19ClN2O2. The molecule has 0 spiro atoms. The minimum Gasteiger partial charge on any atom is -0.481 e. The number of ether oxygens (including phenoxy) is 1. The third kappa shape index (κ3) is 3.91. The molecule has 0 saturated carbocycles. The van der Waals surface area contributed by atoms with Crippen LogP contribution in [0.15, 0.2) is 54.7 Å². The lowest BCUT2D eigenvalue weighted by atomic mass is 10.0. The first-order valence-electron chi connectivity index (χ1n) is 8.11. The predicted molar refractivity (Wildman–Crippen MR) is 101 cm³/mol. The van der Waals surface area contributed by atoms with Gasteiger partial charge >= 0.3 is 0 Å². The van der Waals surface area contributed by atoms with E-state index in [0.29, 0.717) is 22.2 Å². The Morgan fingerprint density at radius 2 is 1.96 bits per heavy atom. The van der Waals surface area contributed by atoms with Gasteiger partial charge in [-0.15, -0.1) is 0 Å². The van der Waals surface area contributed by atoms with E-state index < -0.39 is 0 Å². The van der Waals surface area contributed by atoms with Gasteiger partial charge in [0.2, 0.25) is 0 Å². The monoisotopic (exact) mass is 354 g/mol. The summed E-state index contributed by atoms with van der Waals surface area (Å²) < 4.78 is 5.68. The highest BCUT2D eigenvalue weighted by Crippen LogP contribution is 2.29. The molecule has 1 heterocycles. The number of aromatic nitrogens is 1. The predicted octanol–water partition coefficient (Wildman–Crippen LogP) is 5.03. The molecule has 0 atom stereocenters. The molecule has 0 bridgehead atoms.